The van der Waals surface area contributed by atoms with Gasteiger partial charge in [0.25, 0.3) is 0 Å². The van der Waals surface area contributed by atoms with Gasteiger partial charge in [-0.1, -0.05) is 34.7 Å². The lowest BCUT2D eigenvalue weighted by molar-refractivity contribution is 0.197. The maximum absolute atomic E-state index is 11.2. The third-order valence-corrected chi connectivity index (χ3v) is 6.44. The van der Waals surface area contributed by atoms with E-state index in [1.807, 2.05) is 0 Å². The highest BCUT2D eigenvalue weighted by Crippen LogP contribution is 2.27. The van der Waals surface area contributed by atoms with E-state index in [-0.39, 0.29) is 0 Å². The maximum atomic E-state index is 11.2. The summed E-state index contributed by atoms with van der Waals surface area (Å²) in [5.74, 6) is 0. The first-order valence-corrected chi connectivity index (χ1v) is 7.39. The Morgan fingerprint density at radius 2 is 2.07 bits per heavy atom. The first kappa shape index (κ1) is 12.7. The van der Waals surface area contributed by atoms with Crippen LogP contribution in [0.25, 0.3) is 0 Å². The van der Waals surface area contributed by atoms with Gasteiger partial charge in [-0.15, -0.1) is 0 Å². The number of sulfone groups is 1. The van der Waals surface area contributed by atoms with Crippen molar-refractivity contribution in [2.24, 2.45) is 0 Å². The molecule has 0 spiro atoms. The van der Waals surface area contributed by atoms with Crippen molar-refractivity contribution in [2.45, 2.75) is 9.36 Å². The second kappa shape index (κ2) is 4.67. The van der Waals surface area contributed by atoms with Crippen LogP contribution in [0.2, 0.25) is 0 Å². The van der Waals surface area contributed by atoms with Gasteiger partial charge >= 0.3 is 0 Å². The number of hydrogen-bond acceptors (Lipinski definition) is 4. The second-order valence-electron chi connectivity index (χ2n) is 3.30. The summed E-state index contributed by atoms with van der Waals surface area (Å²) in [6, 6.07) is 6.58. The SMILES string of the molecule is CS(=O)(=O)C(I)C(O)c1cccc(N)c1. The van der Waals surface area contributed by atoms with E-state index in [1.54, 1.807) is 46.9 Å². The predicted octanol–water partition coefficient (Wildman–Crippen LogP) is 1.11. The first-order valence-electron chi connectivity index (χ1n) is 4.19. The van der Waals surface area contributed by atoms with Crippen LogP contribution in [0.1, 0.15) is 11.7 Å². The van der Waals surface area contributed by atoms with Crippen LogP contribution >= 0.6 is 22.6 Å². The maximum Gasteiger partial charge on any atom is 0.162 e. The van der Waals surface area contributed by atoms with Crippen LogP contribution in [0.3, 0.4) is 0 Å². The quantitative estimate of drug-likeness (QED) is 0.490. The Hall–Kier alpha value is -0.340. The van der Waals surface area contributed by atoms with Gasteiger partial charge in [0.15, 0.2) is 9.84 Å². The van der Waals surface area contributed by atoms with Crippen molar-refractivity contribution in [3.8, 4) is 0 Å². The van der Waals surface area contributed by atoms with Crippen molar-refractivity contribution in [2.75, 3.05) is 12.0 Å². The number of alkyl halides is 1. The molecule has 84 valence electrons. The Morgan fingerprint density at radius 3 is 2.53 bits per heavy atom. The lowest BCUT2D eigenvalue weighted by Gasteiger charge is -2.16. The number of aliphatic hydroxyl groups excluding tert-OH is 1. The van der Waals surface area contributed by atoms with Crippen molar-refractivity contribution < 1.29 is 13.5 Å². The zero-order valence-electron chi connectivity index (χ0n) is 8.09. The summed E-state index contributed by atoms with van der Waals surface area (Å²) in [5.41, 5.74) is 6.56. The molecule has 3 N–H and O–H groups in total. The third-order valence-electron chi connectivity index (χ3n) is 1.91. The summed E-state index contributed by atoms with van der Waals surface area (Å²) in [4.78, 5) is 0. The molecule has 0 aliphatic heterocycles. The Balaban J connectivity index is 3.00. The summed E-state index contributed by atoms with van der Waals surface area (Å²) in [6.07, 6.45) is 0.0451. The summed E-state index contributed by atoms with van der Waals surface area (Å²) in [7, 11) is -3.27. The van der Waals surface area contributed by atoms with Crippen LogP contribution in [0.5, 0.6) is 0 Å². The molecule has 0 fully saturated rings. The molecule has 2 atom stereocenters. The summed E-state index contributed by atoms with van der Waals surface area (Å²) < 4.78 is 21.6. The van der Waals surface area contributed by atoms with Crippen LogP contribution in [-0.2, 0) is 9.84 Å². The first-order chi connectivity index (χ1) is 6.82. The minimum atomic E-state index is -3.27. The van der Waals surface area contributed by atoms with Crippen LogP contribution in [0, 0.1) is 0 Å². The Kier molecular flexibility index (Phi) is 3.96. The van der Waals surface area contributed by atoms with Crippen molar-refractivity contribution in [3.63, 3.8) is 0 Å². The number of hydrogen-bond donors (Lipinski definition) is 2. The van der Waals surface area contributed by atoms with Crippen LogP contribution in [0.4, 0.5) is 5.69 Å². The topological polar surface area (TPSA) is 80.4 Å². The molecule has 0 heterocycles. The standard InChI is InChI=1S/C9H12INO3S/c1-15(13,14)9(10)8(12)6-3-2-4-7(11)5-6/h2-5,8-9,12H,11H2,1H3. The highest BCUT2D eigenvalue weighted by atomic mass is 127. The minimum absolute atomic E-state index is 0.503. The van der Waals surface area contributed by atoms with Gasteiger partial charge in [-0.25, -0.2) is 8.42 Å². The molecule has 4 nitrogen and oxygen atoms in total. The van der Waals surface area contributed by atoms with Gasteiger partial charge in [-0.2, -0.15) is 0 Å². The molecule has 2 unspecified atom stereocenters. The third kappa shape index (κ3) is 3.32. The molecule has 0 saturated carbocycles. The number of anilines is 1. The Bertz CT molecular complexity index is 446. The monoisotopic (exact) mass is 341 g/mol. The molecule has 1 aromatic rings. The number of rotatable bonds is 3. The zero-order valence-corrected chi connectivity index (χ0v) is 11.1. The van der Waals surface area contributed by atoms with E-state index >= 15 is 0 Å². The molecular formula is C9H12INO3S. The largest absolute Gasteiger partial charge is 0.399 e. The van der Waals surface area contributed by atoms with Crippen LogP contribution < -0.4 is 5.73 Å². The van der Waals surface area contributed by atoms with E-state index in [0.717, 1.165) is 6.26 Å². The lowest BCUT2D eigenvalue weighted by Crippen LogP contribution is -2.21. The number of nitrogens with two attached hydrogens (primary N) is 1. The number of halogens is 1. The fourth-order valence-electron chi connectivity index (χ4n) is 1.13. The van der Waals surface area contributed by atoms with E-state index in [9.17, 15) is 13.5 Å². The smallest absolute Gasteiger partial charge is 0.162 e. The van der Waals surface area contributed by atoms with Gasteiger partial charge in [-0.05, 0) is 17.7 Å². The van der Waals surface area contributed by atoms with Gasteiger partial charge in [-0.3, -0.25) is 0 Å². The lowest BCUT2D eigenvalue weighted by atomic mass is 10.1. The fourth-order valence-corrected chi connectivity index (χ4v) is 2.17. The van der Waals surface area contributed by atoms with Gasteiger partial charge in [0, 0.05) is 11.9 Å². The fraction of sp³-hybridized carbons (Fsp3) is 0.333. The van der Waals surface area contributed by atoms with E-state index in [2.05, 4.69) is 0 Å². The van der Waals surface area contributed by atoms with Crippen molar-refractivity contribution >= 4 is 38.1 Å². The van der Waals surface area contributed by atoms with Crippen LogP contribution in [0.15, 0.2) is 24.3 Å². The highest BCUT2D eigenvalue weighted by molar-refractivity contribution is 14.1. The van der Waals surface area contributed by atoms with E-state index in [0.29, 0.717) is 11.3 Å². The van der Waals surface area contributed by atoms with Crippen molar-refractivity contribution in [3.05, 3.63) is 29.8 Å². The van der Waals surface area contributed by atoms with Gasteiger partial charge in [0.2, 0.25) is 0 Å². The summed E-state index contributed by atoms with van der Waals surface area (Å²) in [6.45, 7) is 0. The van der Waals surface area contributed by atoms with Gasteiger partial charge in [0.05, 0.1) is 0 Å². The predicted molar refractivity (Wildman–Crippen MR) is 68.5 cm³/mol. The molecule has 0 bridgehead atoms. The minimum Gasteiger partial charge on any atom is -0.399 e. The van der Waals surface area contributed by atoms with E-state index in [1.165, 1.54) is 0 Å². The molecule has 6 heteroatoms. The molecule has 0 aliphatic rings. The van der Waals surface area contributed by atoms with E-state index < -0.39 is 19.2 Å². The van der Waals surface area contributed by atoms with Crippen LogP contribution in [-0.4, -0.2) is 23.0 Å². The second-order valence-corrected chi connectivity index (χ2v) is 7.65. The van der Waals surface area contributed by atoms with Crippen molar-refractivity contribution in [1.82, 2.24) is 0 Å². The average Bonchev–Trinajstić information content (AvgIpc) is 2.14. The molecule has 0 amide bonds. The molecular weight excluding hydrogens is 329 g/mol. The number of nitrogen functional groups attached to an aromatic ring is 1. The molecule has 0 aromatic heterocycles. The normalized spacial score (nSPS) is 15.9. The Labute approximate surface area is 103 Å². The molecule has 15 heavy (non-hydrogen) atoms. The molecule has 1 aromatic carbocycles. The zero-order chi connectivity index (χ0) is 11.6. The molecule has 0 saturated heterocycles. The molecule has 0 radical (unpaired) electrons. The van der Waals surface area contributed by atoms with E-state index in [4.69, 9.17) is 5.73 Å². The molecule has 0 aliphatic carbocycles. The molecule has 1 rings (SSSR count). The number of aliphatic hydroxyl groups is 1. The average molecular weight is 341 g/mol. The van der Waals surface area contributed by atoms with Gasteiger partial charge in [0.1, 0.15) is 9.36 Å². The number of benzene rings is 1. The summed E-state index contributed by atoms with van der Waals surface area (Å²) >= 11 is 1.71. The van der Waals surface area contributed by atoms with Crippen molar-refractivity contribution in [1.29, 1.82) is 0 Å². The highest BCUT2D eigenvalue weighted by Gasteiger charge is 2.27. The summed E-state index contributed by atoms with van der Waals surface area (Å²) in [5, 5.41) is 9.81. The Morgan fingerprint density at radius 1 is 1.47 bits per heavy atom. The van der Waals surface area contributed by atoms with Gasteiger partial charge < -0.3 is 10.8 Å².